The van der Waals surface area contributed by atoms with Crippen molar-refractivity contribution in [3.05, 3.63) is 71.0 Å². The van der Waals surface area contributed by atoms with Crippen molar-refractivity contribution in [3.63, 3.8) is 0 Å². The van der Waals surface area contributed by atoms with Gasteiger partial charge in [0.15, 0.2) is 5.82 Å². The zero-order valence-electron chi connectivity index (χ0n) is 16.4. The van der Waals surface area contributed by atoms with E-state index < -0.39 is 0 Å². The largest absolute Gasteiger partial charge is 0.354 e. The van der Waals surface area contributed by atoms with Gasteiger partial charge in [0.1, 0.15) is 5.03 Å². The highest BCUT2D eigenvalue weighted by Crippen LogP contribution is 2.28. The summed E-state index contributed by atoms with van der Waals surface area (Å²) in [5.74, 6) is 0.855. The highest BCUT2D eigenvalue weighted by Gasteiger charge is 2.26. The average molecular weight is 484 g/mol. The number of amides is 1. The molecule has 8 heteroatoms. The normalized spacial score (nSPS) is 16.3. The number of rotatable bonds is 6. The van der Waals surface area contributed by atoms with Crippen LogP contribution in [0.5, 0.6) is 0 Å². The second kappa shape index (κ2) is 10.0. The van der Waals surface area contributed by atoms with Crippen LogP contribution >= 0.6 is 27.7 Å². The van der Waals surface area contributed by atoms with Gasteiger partial charge in [-0.05, 0) is 60.9 Å². The zero-order chi connectivity index (χ0) is 20.8. The third-order valence-electron chi connectivity index (χ3n) is 4.97. The number of aromatic nitrogens is 3. The van der Waals surface area contributed by atoms with Crippen LogP contribution in [0.1, 0.15) is 18.4 Å². The Morgan fingerprint density at radius 3 is 2.77 bits per heavy atom. The van der Waals surface area contributed by atoms with Gasteiger partial charge in [-0.3, -0.25) is 9.78 Å². The molecule has 1 aliphatic heterocycles. The van der Waals surface area contributed by atoms with E-state index in [1.165, 1.54) is 0 Å². The number of nitrogens with one attached hydrogen (secondary N) is 1. The lowest BCUT2D eigenvalue weighted by Gasteiger charge is -2.32. The smallest absolute Gasteiger partial charge is 0.225 e. The number of pyridine rings is 1. The van der Waals surface area contributed by atoms with E-state index in [-0.39, 0.29) is 11.8 Å². The van der Waals surface area contributed by atoms with Crippen molar-refractivity contribution in [2.45, 2.75) is 29.3 Å². The van der Waals surface area contributed by atoms with Crippen LogP contribution in [-0.2, 0) is 11.3 Å². The Morgan fingerprint density at radius 1 is 1.17 bits per heavy atom. The summed E-state index contributed by atoms with van der Waals surface area (Å²) in [6.07, 6.45) is 5.35. The molecular weight excluding hydrogens is 462 g/mol. The van der Waals surface area contributed by atoms with E-state index in [0.717, 1.165) is 45.2 Å². The summed E-state index contributed by atoms with van der Waals surface area (Å²) in [4.78, 5) is 20.0. The van der Waals surface area contributed by atoms with Crippen LogP contribution in [0.2, 0.25) is 0 Å². The first-order valence-corrected chi connectivity index (χ1v) is 11.5. The van der Waals surface area contributed by atoms with E-state index in [4.69, 9.17) is 0 Å². The second-order valence-corrected chi connectivity index (χ2v) is 9.16. The molecule has 3 aromatic rings. The van der Waals surface area contributed by atoms with Crippen LogP contribution in [-0.4, -0.2) is 34.2 Å². The molecule has 1 saturated heterocycles. The van der Waals surface area contributed by atoms with E-state index >= 15 is 0 Å². The van der Waals surface area contributed by atoms with Crippen molar-refractivity contribution in [3.8, 4) is 0 Å². The van der Waals surface area contributed by atoms with E-state index in [1.807, 2.05) is 48.5 Å². The van der Waals surface area contributed by atoms with Crippen molar-refractivity contribution in [1.82, 2.24) is 20.5 Å². The molecule has 0 saturated carbocycles. The van der Waals surface area contributed by atoms with Gasteiger partial charge in [0, 0.05) is 41.4 Å². The van der Waals surface area contributed by atoms with Crippen molar-refractivity contribution in [2.24, 2.45) is 5.92 Å². The molecule has 1 N–H and O–H groups in total. The number of piperidine rings is 1. The highest BCUT2D eigenvalue weighted by molar-refractivity contribution is 9.10. The minimum atomic E-state index is -0.0472. The first kappa shape index (κ1) is 20.8. The third kappa shape index (κ3) is 5.58. The van der Waals surface area contributed by atoms with Crippen LogP contribution in [0.3, 0.4) is 0 Å². The fourth-order valence-corrected chi connectivity index (χ4v) is 4.39. The molecule has 154 valence electrons. The molecule has 1 aliphatic rings. The Bertz CT molecular complexity index is 969. The molecule has 1 atom stereocenters. The Morgan fingerprint density at radius 2 is 2.03 bits per heavy atom. The number of nitrogens with zero attached hydrogens (tertiary/aromatic N) is 4. The van der Waals surface area contributed by atoms with Crippen LogP contribution in [0.15, 0.2) is 75.3 Å². The summed E-state index contributed by atoms with van der Waals surface area (Å²) in [5, 5.41) is 12.7. The van der Waals surface area contributed by atoms with E-state index in [9.17, 15) is 4.79 Å². The van der Waals surface area contributed by atoms with Gasteiger partial charge in [0.05, 0.1) is 5.92 Å². The van der Waals surface area contributed by atoms with Gasteiger partial charge in [-0.15, -0.1) is 10.2 Å². The SMILES string of the molecule is O=C(NCc1cccnc1)[C@H]1CCCN(c2ccc(Sc3ccc(Br)cc3)nn2)C1. The number of anilines is 1. The minimum absolute atomic E-state index is 0.0472. The molecule has 0 spiro atoms. The molecule has 0 radical (unpaired) electrons. The third-order valence-corrected chi connectivity index (χ3v) is 6.43. The lowest BCUT2D eigenvalue weighted by molar-refractivity contribution is -0.125. The van der Waals surface area contributed by atoms with Gasteiger partial charge in [-0.2, -0.15) is 0 Å². The summed E-state index contributed by atoms with van der Waals surface area (Å²) in [7, 11) is 0. The van der Waals surface area contributed by atoms with Gasteiger partial charge in [-0.25, -0.2) is 0 Å². The Balaban J connectivity index is 1.33. The molecule has 1 aromatic carbocycles. The molecule has 30 heavy (non-hydrogen) atoms. The zero-order valence-corrected chi connectivity index (χ0v) is 18.8. The Labute approximate surface area is 188 Å². The monoisotopic (exact) mass is 483 g/mol. The molecule has 1 fully saturated rings. The maximum absolute atomic E-state index is 12.6. The number of halogens is 1. The van der Waals surface area contributed by atoms with Gasteiger partial charge in [-0.1, -0.05) is 33.8 Å². The standard InChI is InChI=1S/C22H22BrN5OS/c23-18-5-7-19(8-6-18)30-21-10-9-20(26-27-21)28-12-2-4-17(15-28)22(29)25-14-16-3-1-11-24-13-16/h1,3,5-11,13,17H,2,4,12,14-15H2,(H,25,29)/t17-/m0/s1. The summed E-state index contributed by atoms with van der Waals surface area (Å²) in [5.41, 5.74) is 1.00. The Kier molecular flexibility index (Phi) is 6.96. The molecule has 0 aliphatic carbocycles. The lowest BCUT2D eigenvalue weighted by Crippen LogP contribution is -2.43. The van der Waals surface area contributed by atoms with Crippen LogP contribution < -0.4 is 10.2 Å². The maximum atomic E-state index is 12.6. The topological polar surface area (TPSA) is 71.0 Å². The molecule has 2 aromatic heterocycles. The molecule has 3 heterocycles. The van der Waals surface area contributed by atoms with Crippen molar-refractivity contribution < 1.29 is 4.79 Å². The Hall–Kier alpha value is -2.45. The molecule has 0 unspecified atom stereocenters. The molecule has 4 rings (SSSR count). The van der Waals surface area contributed by atoms with Crippen LogP contribution in [0.4, 0.5) is 5.82 Å². The highest BCUT2D eigenvalue weighted by atomic mass is 79.9. The van der Waals surface area contributed by atoms with Crippen LogP contribution in [0.25, 0.3) is 0 Å². The van der Waals surface area contributed by atoms with Gasteiger partial charge in [0.25, 0.3) is 0 Å². The summed E-state index contributed by atoms with van der Waals surface area (Å²) < 4.78 is 1.05. The maximum Gasteiger partial charge on any atom is 0.225 e. The van der Waals surface area contributed by atoms with Crippen molar-refractivity contribution >= 4 is 39.4 Å². The molecular formula is C22H22BrN5OS. The number of hydrogen-bond donors (Lipinski definition) is 1. The van der Waals surface area contributed by atoms with Gasteiger partial charge in [0.2, 0.25) is 5.91 Å². The van der Waals surface area contributed by atoms with E-state index in [2.05, 4.69) is 41.3 Å². The summed E-state index contributed by atoms with van der Waals surface area (Å²) in [6.45, 7) is 2.05. The number of carbonyl (C=O) groups is 1. The summed E-state index contributed by atoms with van der Waals surface area (Å²) in [6, 6.07) is 15.9. The minimum Gasteiger partial charge on any atom is -0.354 e. The van der Waals surface area contributed by atoms with Crippen LogP contribution in [0, 0.1) is 5.92 Å². The first-order valence-electron chi connectivity index (χ1n) is 9.86. The molecule has 1 amide bonds. The fraction of sp³-hybridized carbons (Fsp3) is 0.273. The number of carbonyl (C=O) groups excluding carboxylic acids is 1. The average Bonchev–Trinajstić information content (AvgIpc) is 2.80. The number of benzene rings is 1. The van der Waals surface area contributed by atoms with Gasteiger partial charge >= 0.3 is 0 Å². The quantitative estimate of drug-likeness (QED) is 0.562. The summed E-state index contributed by atoms with van der Waals surface area (Å²) >= 11 is 5.03. The predicted molar refractivity (Wildman–Crippen MR) is 121 cm³/mol. The van der Waals surface area contributed by atoms with Crippen molar-refractivity contribution in [2.75, 3.05) is 18.0 Å². The van der Waals surface area contributed by atoms with Crippen molar-refractivity contribution in [1.29, 1.82) is 0 Å². The second-order valence-electron chi connectivity index (χ2n) is 7.15. The number of hydrogen-bond acceptors (Lipinski definition) is 6. The molecule has 0 bridgehead atoms. The predicted octanol–water partition coefficient (Wildman–Crippen LogP) is 4.32. The van der Waals surface area contributed by atoms with E-state index in [0.29, 0.717) is 13.1 Å². The van der Waals surface area contributed by atoms with Gasteiger partial charge < -0.3 is 10.2 Å². The lowest BCUT2D eigenvalue weighted by atomic mass is 9.97. The van der Waals surface area contributed by atoms with E-state index in [1.54, 1.807) is 24.2 Å². The molecule has 6 nitrogen and oxygen atoms in total. The first-order chi connectivity index (χ1) is 14.7. The fourth-order valence-electron chi connectivity index (χ4n) is 3.39.